The summed E-state index contributed by atoms with van der Waals surface area (Å²) in [5.74, 6) is -0.445. The van der Waals surface area contributed by atoms with Crippen LogP contribution in [0.3, 0.4) is 0 Å². The van der Waals surface area contributed by atoms with Crippen molar-refractivity contribution in [2.24, 2.45) is 4.99 Å². The standard InChI is InChI=1S/C24H17NO4/c1-16-11-13-18(14-12-16)23(26)28-21-10-6-5-9-19(21)15-20-24(27)29-22(25-20)17-7-3-2-4-8-17/h2-15H,1H3. The van der Waals surface area contributed by atoms with E-state index >= 15 is 0 Å². The fraction of sp³-hybridized carbons (Fsp3) is 0.0417. The minimum absolute atomic E-state index is 0.141. The summed E-state index contributed by atoms with van der Waals surface area (Å²) in [7, 11) is 0. The van der Waals surface area contributed by atoms with Crippen LogP contribution in [0.2, 0.25) is 0 Å². The predicted molar refractivity (Wildman–Crippen MR) is 110 cm³/mol. The second kappa shape index (κ2) is 7.94. The predicted octanol–water partition coefficient (Wildman–Crippen LogP) is 4.56. The van der Waals surface area contributed by atoms with Gasteiger partial charge in [0.1, 0.15) is 5.75 Å². The summed E-state index contributed by atoms with van der Waals surface area (Å²) in [6.45, 7) is 1.95. The lowest BCUT2D eigenvalue weighted by molar-refractivity contribution is -0.129. The molecule has 5 heteroatoms. The zero-order valence-electron chi connectivity index (χ0n) is 15.7. The van der Waals surface area contributed by atoms with E-state index in [1.807, 2.05) is 49.4 Å². The molecule has 1 aliphatic heterocycles. The molecule has 0 atom stereocenters. The van der Waals surface area contributed by atoms with E-state index in [1.165, 1.54) is 0 Å². The van der Waals surface area contributed by atoms with Crippen molar-refractivity contribution < 1.29 is 19.1 Å². The summed E-state index contributed by atoms with van der Waals surface area (Å²) >= 11 is 0. The van der Waals surface area contributed by atoms with Crippen LogP contribution in [0.15, 0.2) is 89.6 Å². The highest BCUT2D eigenvalue weighted by Gasteiger charge is 2.24. The van der Waals surface area contributed by atoms with Crippen LogP contribution >= 0.6 is 0 Å². The summed E-state index contributed by atoms with van der Waals surface area (Å²) in [4.78, 5) is 29.0. The number of aryl methyl sites for hydroxylation is 1. The fourth-order valence-electron chi connectivity index (χ4n) is 2.80. The van der Waals surface area contributed by atoms with Gasteiger partial charge < -0.3 is 9.47 Å². The number of cyclic esters (lactones) is 1. The molecule has 0 fully saturated rings. The van der Waals surface area contributed by atoms with E-state index in [0.29, 0.717) is 22.4 Å². The van der Waals surface area contributed by atoms with Gasteiger partial charge in [-0.2, -0.15) is 0 Å². The van der Waals surface area contributed by atoms with E-state index in [9.17, 15) is 9.59 Å². The summed E-state index contributed by atoms with van der Waals surface area (Å²) in [6, 6.07) is 23.2. The Kier molecular flexibility index (Phi) is 5.03. The third-order valence-corrected chi connectivity index (χ3v) is 4.34. The Morgan fingerprint density at radius 1 is 0.931 bits per heavy atom. The highest BCUT2D eigenvalue weighted by Crippen LogP contribution is 2.25. The van der Waals surface area contributed by atoms with E-state index < -0.39 is 11.9 Å². The van der Waals surface area contributed by atoms with Crippen molar-refractivity contribution in [1.29, 1.82) is 0 Å². The highest BCUT2D eigenvalue weighted by atomic mass is 16.6. The van der Waals surface area contributed by atoms with Crippen LogP contribution in [-0.4, -0.2) is 17.8 Å². The van der Waals surface area contributed by atoms with Crippen molar-refractivity contribution in [2.45, 2.75) is 6.92 Å². The van der Waals surface area contributed by atoms with Crippen LogP contribution in [-0.2, 0) is 9.53 Å². The summed E-state index contributed by atoms with van der Waals surface area (Å²) in [5, 5.41) is 0. The van der Waals surface area contributed by atoms with Gasteiger partial charge >= 0.3 is 11.9 Å². The number of esters is 2. The molecule has 29 heavy (non-hydrogen) atoms. The Morgan fingerprint density at radius 2 is 1.62 bits per heavy atom. The number of hydrogen-bond acceptors (Lipinski definition) is 5. The smallest absolute Gasteiger partial charge is 0.363 e. The van der Waals surface area contributed by atoms with Gasteiger partial charge in [0.2, 0.25) is 5.90 Å². The SMILES string of the molecule is Cc1ccc(C(=O)Oc2ccccc2C=C2N=C(c3ccccc3)OC2=O)cc1. The quantitative estimate of drug-likeness (QED) is 0.376. The number of rotatable bonds is 4. The Hall–Kier alpha value is -3.99. The topological polar surface area (TPSA) is 65.0 Å². The Balaban J connectivity index is 1.61. The molecule has 0 aliphatic carbocycles. The van der Waals surface area contributed by atoms with Crippen LogP contribution in [0.4, 0.5) is 0 Å². The molecule has 1 aliphatic rings. The molecular weight excluding hydrogens is 366 g/mol. The molecule has 3 aromatic carbocycles. The Labute approximate surface area is 167 Å². The molecule has 0 N–H and O–H groups in total. The number of nitrogens with zero attached hydrogens (tertiary/aromatic N) is 1. The second-order valence-corrected chi connectivity index (χ2v) is 6.50. The maximum Gasteiger partial charge on any atom is 0.363 e. The first kappa shape index (κ1) is 18.4. The van der Waals surface area contributed by atoms with Crippen LogP contribution in [0.25, 0.3) is 6.08 Å². The van der Waals surface area contributed by atoms with Crippen molar-refractivity contribution in [2.75, 3.05) is 0 Å². The maximum absolute atomic E-state index is 12.5. The van der Waals surface area contributed by atoms with Crippen LogP contribution in [0.5, 0.6) is 5.75 Å². The molecule has 0 bridgehead atoms. The Bertz CT molecular complexity index is 1130. The molecule has 1 heterocycles. The van der Waals surface area contributed by atoms with Crippen LogP contribution in [0, 0.1) is 6.92 Å². The van der Waals surface area contributed by atoms with Crippen molar-refractivity contribution in [3.05, 3.63) is 107 Å². The normalized spacial score (nSPS) is 14.4. The van der Waals surface area contributed by atoms with Crippen LogP contribution in [0.1, 0.15) is 27.0 Å². The lowest BCUT2D eigenvalue weighted by Gasteiger charge is -2.07. The van der Waals surface area contributed by atoms with Crippen molar-refractivity contribution in [3.8, 4) is 5.75 Å². The molecule has 0 amide bonds. The largest absolute Gasteiger partial charge is 0.422 e. The summed E-state index contributed by atoms with van der Waals surface area (Å²) in [6.07, 6.45) is 1.55. The Morgan fingerprint density at radius 3 is 2.38 bits per heavy atom. The minimum Gasteiger partial charge on any atom is -0.422 e. The van der Waals surface area contributed by atoms with Gasteiger partial charge in [0, 0.05) is 11.1 Å². The third kappa shape index (κ3) is 4.14. The van der Waals surface area contributed by atoms with E-state index in [4.69, 9.17) is 9.47 Å². The molecule has 5 nitrogen and oxygen atoms in total. The third-order valence-electron chi connectivity index (χ3n) is 4.34. The van der Waals surface area contributed by atoms with Crippen molar-refractivity contribution >= 4 is 23.9 Å². The van der Waals surface area contributed by atoms with Gasteiger partial charge in [-0.1, -0.05) is 54.1 Å². The van der Waals surface area contributed by atoms with Gasteiger partial charge in [-0.3, -0.25) is 0 Å². The molecule has 142 valence electrons. The monoisotopic (exact) mass is 383 g/mol. The number of ether oxygens (including phenoxy) is 2. The fourth-order valence-corrected chi connectivity index (χ4v) is 2.80. The van der Waals surface area contributed by atoms with Gasteiger partial charge in [0.25, 0.3) is 0 Å². The number of hydrogen-bond donors (Lipinski definition) is 0. The molecular formula is C24H17NO4. The molecule has 0 aromatic heterocycles. The first-order chi connectivity index (χ1) is 14.1. The zero-order valence-corrected chi connectivity index (χ0v) is 15.7. The molecule has 4 rings (SSSR count). The average molecular weight is 383 g/mol. The first-order valence-electron chi connectivity index (χ1n) is 9.06. The molecule has 0 unspecified atom stereocenters. The number of aliphatic imine (C=N–C) groups is 1. The van der Waals surface area contributed by atoms with Crippen molar-refractivity contribution in [3.63, 3.8) is 0 Å². The summed E-state index contributed by atoms with van der Waals surface area (Å²) in [5.41, 5.74) is 2.91. The molecule has 0 spiro atoms. The van der Waals surface area contributed by atoms with E-state index in [-0.39, 0.29) is 11.6 Å². The number of benzene rings is 3. The number of para-hydroxylation sites is 1. The van der Waals surface area contributed by atoms with Gasteiger partial charge in [-0.25, -0.2) is 14.6 Å². The maximum atomic E-state index is 12.5. The summed E-state index contributed by atoms with van der Waals surface area (Å²) < 4.78 is 10.8. The molecule has 0 radical (unpaired) electrons. The lowest BCUT2D eigenvalue weighted by atomic mass is 10.1. The number of carbonyl (C=O) groups is 2. The average Bonchev–Trinajstić information content (AvgIpc) is 3.11. The zero-order chi connectivity index (χ0) is 20.2. The minimum atomic E-state index is -0.552. The van der Waals surface area contributed by atoms with Crippen molar-refractivity contribution in [1.82, 2.24) is 0 Å². The second-order valence-electron chi connectivity index (χ2n) is 6.50. The lowest BCUT2D eigenvalue weighted by Crippen LogP contribution is -2.09. The molecule has 3 aromatic rings. The van der Waals surface area contributed by atoms with E-state index in [0.717, 1.165) is 5.56 Å². The highest BCUT2D eigenvalue weighted by molar-refractivity contribution is 6.13. The number of carbonyl (C=O) groups excluding carboxylic acids is 2. The van der Waals surface area contributed by atoms with Crippen LogP contribution < -0.4 is 4.74 Å². The van der Waals surface area contributed by atoms with Gasteiger partial charge in [-0.05, 0) is 43.3 Å². The molecule has 0 saturated carbocycles. The molecule has 0 saturated heterocycles. The van der Waals surface area contributed by atoms with E-state index in [2.05, 4.69) is 4.99 Å². The van der Waals surface area contributed by atoms with Gasteiger partial charge in [-0.15, -0.1) is 0 Å². The van der Waals surface area contributed by atoms with E-state index in [1.54, 1.807) is 42.5 Å². The first-order valence-corrected chi connectivity index (χ1v) is 9.06. The van der Waals surface area contributed by atoms with Gasteiger partial charge in [0.15, 0.2) is 5.70 Å². The van der Waals surface area contributed by atoms with Gasteiger partial charge in [0.05, 0.1) is 5.56 Å².